The highest BCUT2D eigenvalue weighted by Crippen LogP contribution is 2.23. The van der Waals surface area contributed by atoms with Crippen molar-refractivity contribution in [2.24, 2.45) is 0 Å². The third kappa shape index (κ3) is 33.2. The van der Waals surface area contributed by atoms with Crippen LogP contribution in [0.1, 0.15) is 213 Å². The van der Waals surface area contributed by atoms with Gasteiger partial charge in [-0.3, -0.25) is 9.59 Å². The maximum atomic E-state index is 12.8. The Hall–Kier alpha value is -2.34. The second-order valence-corrected chi connectivity index (χ2v) is 17.2. The molecule has 0 bridgehead atoms. The number of hydrogen-bond donors (Lipinski definition) is 4. The summed E-state index contributed by atoms with van der Waals surface area (Å²) in [6.07, 6.45) is 44.2. The summed E-state index contributed by atoms with van der Waals surface area (Å²) in [4.78, 5) is 25.4. The molecule has 0 saturated carbocycles. The summed E-state index contributed by atoms with van der Waals surface area (Å²) in [7, 11) is 0. The number of hydrogen-bond acceptors (Lipinski definition) is 10. The van der Waals surface area contributed by atoms with E-state index in [-0.39, 0.29) is 26.1 Å². The van der Waals surface area contributed by atoms with E-state index in [9.17, 15) is 30.0 Å². The minimum absolute atomic E-state index is 0.205. The lowest BCUT2D eigenvalue weighted by Crippen LogP contribution is -2.59. The van der Waals surface area contributed by atoms with Gasteiger partial charge in [0.2, 0.25) is 0 Å². The second kappa shape index (κ2) is 42.6. The Morgan fingerprint density at radius 1 is 0.500 bits per heavy atom. The van der Waals surface area contributed by atoms with Crippen molar-refractivity contribution in [3.05, 3.63) is 48.6 Å². The Labute approximate surface area is 378 Å². The molecule has 10 heteroatoms. The molecule has 0 aliphatic carbocycles. The molecule has 1 rings (SSSR count). The molecular weight excluding hydrogens is 785 g/mol. The van der Waals surface area contributed by atoms with Crippen LogP contribution in [-0.4, -0.2) is 89.0 Å². The van der Waals surface area contributed by atoms with E-state index in [0.29, 0.717) is 12.8 Å². The number of aliphatic hydroxyl groups is 4. The maximum Gasteiger partial charge on any atom is 0.306 e. The lowest BCUT2D eigenvalue weighted by molar-refractivity contribution is -0.305. The summed E-state index contributed by atoms with van der Waals surface area (Å²) in [5.41, 5.74) is 0. The molecule has 6 atom stereocenters. The van der Waals surface area contributed by atoms with Crippen molar-refractivity contribution in [1.29, 1.82) is 0 Å². The van der Waals surface area contributed by atoms with E-state index in [1.165, 1.54) is 103 Å². The Kier molecular flexibility index (Phi) is 39.6. The number of aliphatic hydroxyl groups excluding tert-OH is 4. The Balaban J connectivity index is 2.28. The highest BCUT2D eigenvalue weighted by Gasteiger charge is 2.44. The average Bonchev–Trinajstić information content (AvgIpc) is 3.27. The molecule has 10 nitrogen and oxygen atoms in total. The number of rotatable bonds is 42. The van der Waals surface area contributed by atoms with Gasteiger partial charge in [0, 0.05) is 12.8 Å². The van der Waals surface area contributed by atoms with E-state index < -0.39 is 55.4 Å². The molecule has 0 spiro atoms. The number of ether oxygens (including phenoxy) is 4. The fraction of sp³-hybridized carbons (Fsp3) is 0.808. The van der Waals surface area contributed by atoms with Crippen LogP contribution in [0.15, 0.2) is 48.6 Å². The zero-order chi connectivity index (χ0) is 45.1. The largest absolute Gasteiger partial charge is 0.462 e. The van der Waals surface area contributed by atoms with Crippen molar-refractivity contribution >= 4 is 11.9 Å². The van der Waals surface area contributed by atoms with Crippen molar-refractivity contribution in [2.75, 3.05) is 19.8 Å². The Morgan fingerprint density at radius 3 is 1.50 bits per heavy atom. The predicted octanol–water partition coefficient (Wildman–Crippen LogP) is 11.6. The van der Waals surface area contributed by atoms with Crippen molar-refractivity contribution < 1.29 is 49.0 Å². The molecule has 0 aromatic rings. The molecule has 0 radical (unpaired) electrons. The molecule has 62 heavy (non-hydrogen) atoms. The topological polar surface area (TPSA) is 152 Å². The van der Waals surface area contributed by atoms with Crippen LogP contribution in [0.3, 0.4) is 0 Å². The molecule has 2 unspecified atom stereocenters. The van der Waals surface area contributed by atoms with Crippen LogP contribution in [-0.2, 0) is 28.5 Å². The number of esters is 2. The lowest BCUT2D eigenvalue weighted by atomic mass is 9.99. The van der Waals surface area contributed by atoms with Crippen LogP contribution >= 0.6 is 0 Å². The smallest absolute Gasteiger partial charge is 0.306 e. The molecule has 360 valence electrons. The maximum absolute atomic E-state index is 12.8. The third-order valence-corrected chi connectivity index (χ3v) is 11.4. The Morgan fingerprint density at radius 2 is 0.952 bits per heavy atom. The highest BCUT2D eigenvalue weighted by molar-refractivity contribution is 5.70. The molecule has 4 N–H and O–H groups in total. The van der Waals surface area contributed by atoms with Crippen molar-refractivity contribution in [3.63, 3.8) is 0 Å². The van der Waals surface area contributed by atoms with Crippen LogP contribution in [0.2, 0.25) is 0 Å². The van der Waals surface area contributed by atoms with E-state index >= 15 is 0 Å². The number of unbranched alkanes of at least 4 members (excludes halogenated alkanes) is 23. The quantitative estimate of drug-likeness (QED) is 0.0265. The van der Waals surface area contributed by atoms with Crippen LogP contribution < -0.4 is 0 Å². The molecule has 1 fully saturated rings. The van der Waals surface area contributed by atoms with Crippen molar-refractivity contribution in [2.45, 2.75) is 250 Å². The average molecular weight is 877 g/mol. The van der Waals surface area contributed by atoms with E-state index in [4.69, 9.17) is 18.9 Å². The summed E-state index contributed by atoms with van der Waals surface area (Å²) >= 11 is 0. The molecule has 0 aromatic heterocycles. The van der Waals surface area contributed by atoms with Gasteiger partial charge < -0.3 is 39.4 Å². The standard InChI is InChI=1S/C52H92O10/c1-3-5-7-9-11-13-15-17-19-20-21-22-23-24-25-26-27-29-30-32-34-36-38-40-47(54)59-43-45(44-60-52-51(58)50(57)49(56)46(42-53)62-52)61-48(55)41-39-37-35-33-31-28-18-16-14-12-10-8-6-4-2/h10,12,16,18,26-27,32,34,45-46,49-53,56-58H,3-9,11,13-15,17,19-25,28-31,33,35-44H2,1-2H3/b12-10+,18-16+,27-26+,34-32+/t45-,46-,49+,50?,51?,52-/m0/s1. The predicted molar refractivity (Wildman–Crippen MR) is 252 cm³/mol. The van der Waals surface area contributed by atoms with Gasteiger partial charge in [-0.05, 0) is 70.6 Å². The van der Waals surface area contributed by atoms with Gasteiger partial charge in [-0.1, -0.05) is 178 Å². The number of carbonyl (C=O) groups is 2. The van der Waals surface area contributed by atoms with Gasteiger partial charge in [-0.15, -0.1) is 0 Å². The minimum Gasteiger partial charge on any atom is -0.462 e. The third-order valence-electron chi connectivity index (χ3n) is 11.4. The van der Waals surface area contributed by atoms with Crippen LogP contribution in [0, 0.1) is 0 Å². The van der Waals surface area contributed by atoms with Crippen molar-refractivity contribution in [1.82, 2.24) is 0 Å². The van der Waals surface area contributed by atoms with Gasteiger partial charge in [0.25, 0.3) is 0 Å². The summed E-state index contributed by atoms with van der Waals surface area (Å²) in [5.74, 6) is -0.870. The van der Waals surface area contributed by atoms with E-state index in [0.717, 1.165) is 70.6 Å². The zero-order valence-corrected chi connectivity index (χ0v) is 39.4. The summed E-state index contributed by atoms with van der Waals surface area (Å²) in [5, 5.41) is 40.1. The fourth-order valence-corrected chi connectivity index (χ4v) is 7.40. The Bertz CT molecular complexity index is 1150. The van der Waals surface area contributed by atoms with E-state index in [2.05, 4.69) is 62.5 Å². The summed E-state index contributed by atoms with van der Waals surface area (Å²) < 4.78 is 22.1. The number of carbonyl (C=O) groups excluding carboxylic acids is 2. The first kappa shape index (κ1) is 57.7. The van der Waals surface area contributed by atoms with Crippen LogP contribution in [0.5, 0.6) is 0 Å². The van der Waals surface area contributed by atoms with Crippen molar-refractivity contribution in [3.8, 4) is 0 Å². The summed E-state index contributed by atoms with van der Waals surface area (Å²) in [6.45, 7) is 3.35. The first-order valence-electron chi connectivity index (χ1n) is 25.2. The van der Waals surface area contributed by atoms with Gasteiger partial charge in [0.15, 0.2) is 12.4 Å². The van der Waals surface area contributed by atoms with Crippen LogP contribution in [0.4, 0.5) is 0 Å². The zero-order valence-electron chi connectivity index (χ0n) is 39.4. The molecule has 1 aliphatic heterocycles. The first-order valence-corrected chi connectivity index (χ1v) is 25.2. The number of allylic oxidation sites excluding steroid dienone is 8. The van der Waals surface area contributed by atoms with Crippen LogP contribution in [0.25, 0.3) is 0 Å². The first-order chi connectivity index (χ1) is 30.3. The minimum atomic E-state index is -1.60. The monoisotopic (exact) mass is 877 g/mol. The fourth-order valence-electron chi connectivity index (χ4n) is 7.40. The van der Waals surface area contributed by atoms with Gasteiger partial charge in [0.05, 0.1) is 13.2 Å². The van der Waals surface area contributed by atoms with Gasteiger partial charge in [0.1, 0.15) is 31.0 Å². The summed E-state index contributed by atoms with van der Waals surface area (Å²) in [6, 6.07) is 0. The molecular formula is C52H92O10. The lowest BCUT2D eigenvalue weighted by Gasteiger charge is -2.39. The SMILES string of the molecule is CCCC/C=C/C/C=C/CCCCCCCC(=O)O[C@@H](COC(=O)CCC/C=C/CC/C=C/CCCCCCCCCCCCCCCC)CO[C@H]1O[C@@H](CO)[C@@H](O)C(O)C1O. The second-order valence-electron chi connectivity index (χ2n) is 17.2. The molecule has 1 aliphatic rings. The van der Waals surface area contributed by atoms with E-state index in [1.54, 1.807) is 0 Å². The highest BCUT2D eigenvalue weighted by atomic mass is 16.7. The van der Waals surface area contributed by atoms with Gasteiger partial charge in [-0.25, -0.2) is 0 Å². The van der Waals surface area contributed by atoms with Gasteiger partial charge >= 0.3 is 11.9 Å². The molecule has 0 amide bonds. The van der Waals surface area contributed by atoms with Gasteiger partial charge in [-0.2, -0.15) is 0 Å². The molecule has 0 aromatic carbocycles. The normalized spacial score (nSPS) is 20.0. The van der Waals surface area contributed by atoms with E-state index in [1.807, 2.05) is 0 Å². The molecule has 1 saturated heterocycles. The molecule has 1 heterocycles.